The maximum Gasteiger partial charge on any atom is 0.248 e. The summed E-state index contributed by atoms with van der Waals surface area (Å²) in [7, 11) is 0. The van der Waals surface area contributed by atoms with Gasteiger partial charge in [-0.05, 0) is 49.7 Å². The van der Waals surface area contributed by atoms with E-state index in [1.807, 2.05) is 32.0 Å². The monoisotopic (exact) mass is 448 g/mol. The van der Waals surface area contributed by atoms with Crippen LogP contribution in [0.3, 0.4) is 0 Å². The van der Waals surface area contributed by atoms with Crippen LogP contribution in [0.2, 0.25) is 0 Å². The Morgan fingerprint density at radius 2 is 1.77 bits per heavy atom. The van der Waals surface area contributed by atoms with Crippen molar-refractivity contribution in [1.29, 1.82) is 0 Å². The van der Waals surface area contributed by atoms with Gasteiger partial charge >= 0.3 is 0 Å². The molecule has 0 saturated carbocycles. The molecule has 31 heavy (non-hydrogen) atoms. The summed E-state index contributed by atoms with van der Waals surface area (Å²) in [4.78, 5) is 35.1. The average Bonchev–Trinajstić information content (AvgIpc) is 3.19. The quantitative estimate of drug-likeness (QED) is 0.323. The molecule has 6 nitrogen and oxygen atoms in total. The SMILES string of the molecule is Cc1nc(SC(C)C(=O)Nc2ccc(C(N)=O)cc2)c2cc(-c3ccccc3)sc2n1. The van der Waals surface area contributed by atoms with Gasteiger partial charge in [-0.1, -0.05) is 42.1 Å². The highest BCUT2D eigenvalue weighted by molar-refractivity contribution is 8.00. The smallest absolute Gasteiger partial charge is 0.248 e. The molecular formula is C23H20N4O2S2. The molecule has 0 spiro atoms. The highest BCUT2D eigenvalue weighted by Crippen LogP contribution is 2.37. The minimum atomic E-state index is -0.504. The molecule has 4 rings (SSSR count). The highest BCUT2D eigenvalue weighted by Gasteiger charge is 2.19. The molecule has 0 radical (unpaired) electrons. The van der Waals surface area contributed by atoms with E-state index >= 15 is 0 Å². The lowest BCUT2D eigenvalue weighted by Gasteiger charge is -2.12. The molecule has 0 saturated heterocycles. The number of thioether (sulfide) groups is 1. The van der Waals surface area contributed by atoms with Crippen molar-refractivity contribution in [3.63, 3.8) is 0 Å². The Hall–Kier alpha value is -3.23. The molecule has 0 aliphatic carbocycles. The number of rotatable bonds is 6. The van der Waals surface area contributed by atoms with Crippen molar-refractivity contribution < 1.29 is 9.59 Å². The van der Waals surface area contributed by atoms with Gasteiger partial charge in [-0.2, -0.15) is 0 Å². The predicted molar refractivity (Wildman–Crippen MR) is 126 cm³/mol. The second-order valence-corrected chi connectivity index (χ2v) is 9.32. The number of primary amides is 1. The van der Waals surface area contributed by atoms with Crippen LogP contribution in [0.4, 0.5) is 5.69 Å². The van der Waals surface area contributed by atoms with Gasteiger partial charge in [0.05, 0.1) is 5.25 Å². The first-order valence-electron chi connectivity index (χ1n) is 9.61. The second-order valence-electron chi connectivity index (χ2n) is 6.96. The maximum absolute atomic E-state index is 12.7. The summed E-state index contributed by atoms with van der Waals surface area (Å²) < 4.78 is 0. The number of hydrogen-bond donors (Lipinski definition) is 2. The number of benzene rings is 2. The number of thiophene rings is 1. The first-order valence-corrected chi connectivity index (χ1v) is 11.3. The van der Waals surface area contributed by atoms with Crippen LogP contribution in [0, 0.1) is 6.92 Å². The van der Waals surface area contributed by atoms with E-state index in [9.17, 15) is 9.59 Å². The summed E-state index contributed by atoms with van der Waals surface area (Å²) in [6.45, 7) is 3.70. The van der Waals surface area contributed by atoms with Crippen molar-refractivity contribution in [2.75, 3.05) is 5.32 Å². The van der Waals surface area contributed by atoms with Gasteiger partial charge in [0.2, 0.25) is 11.8 Å². The predicted octanol–water partition coefficient (Wildman–Crippen LogP) is 4.88. The minimum Gasteiger partial charge on any atom is -0.366 e. The first kappa shape index (κ1) is 21.0. The molecule has 2 aromatic heterocycles. The Labute approximate surface area is 187 Å². The number of nitrogens with zero attached hydrogens (tertiary/aromatic N) is 2. The second kappa shape index (κ2) is 8.87. The third-order valence-corrected chi connectivity index (χ3v) is 6.80. The van der Waals surface area contributed by atoms with Crippen LogP contribution < -0.4 is 11.1 Å². The van der Waals surface area contributed by atoms with Gasteiger partial charge in [0, 0.05) is 21.5 Å². The molecule has 0 aliphatic rings. The number of nitrogens with one attached hydrogen (secondary N) is 1. The van der Waals surface area contributed by atoms with E-state index in [1.165, 1.54) is 11.8 Å². The van der Waals surface area contributed by atoms with E-state index in [0.717, 1.165) is 25.7 Å². The molecule has 4 aromatic rings. The zero-order valence-corrected chi connectivity index (χ0v) is 18.6. The van der Waals surface area contributed by atoms with E-state index in [4.69, 9.17) is 5.73 Å². The molecule has 0 fully saturated rings. The molecule has 3 N–H and O–H groups in total. The van der Waals surface area contributed by atoms with Gasteiger partial charge in [0.1, 0.15) is 15.7 Å². The maximum atomic E-state index is 12.7. The molecule has 2 aromatic carbocycles. The lowest BCUT2D eigenvalue weighted by atomic mass is 10.2. The van der Waals surface area contributed by atoms with Gasteiger partial charge in [-0.3, -0.25) is 9.59 Å². The summed E-state index contributed by atoms with van der Waals surface area (Å²) in [5, 5.41) is 4.22. The van der Waals surface area contributed by atoms with Gasteiger partial charge in [-0.15, -0.1) is 11.3 Å². The van der Waals surface area contributed by atoms with Crippen LogP contribution in [0.25, 0.3) is 20.7 Å². The molecule has 156 valence electrons. The fourth-order valence-corrected chi connectivity index (χ4v) is 5.13. The molecule has 8 heteroatoms. The van der Waals surface area contributed by atoms with Gasteiger partial charge < -0.3 is 11.1 Å². The number of amides is 2. The third kappa shape index (κ3) is 4.76. The number of fused-ring (bicyclic) bond motifs is 1. The third-order valence-electron chi connectivity index (χ3n) is 4.62. The summed E-state index contributed by atoms with van der Waals surface area (Å²) in [5.41, 5.74) is 7.38. The molecule has 1 atom stereocenters. The van der Waals surface area contributed by atoms with E-state index in [1.54, 1.807) is 35.6 Å². The van der Waals surface area contributed by atoms with Crippen molar-refractivity contribution in [2.45, 2.75) is 24.1 Å². The van der Waals surface area contributed by atoms with Crippen molar-refractivity contribution in [3.05, 3.63) is 72.1 Å². The fraction of sp³-hybridized carbons (Fsp3) is 0.130. The lowest BCUT2D eigenvalue weighted by molar-refractivity contribution is -0.115. The van der Waals surface area contributed by atoms with Crippen molar-refractivity contribution in [1.82, 2.24) is 9.97 Å². The Balaban J connectivity index is 1.55. The first-order chi connectivity index (χ1) is 14.9. The van der Waals surface area contributed by atoms with Crippen molar-refractivity contribution in [3.8, 4) is 10.4 Å². The van der Waals surface area contributed by atoms with Crippen LogP contribution >= 0.6 is 23.1 Å². The number of hydrogen-bond acceptors (Lipinski definition) is 6. The molecule has 1 unspecified atom stereocenters. The largest absolute Gasteiger partial charge is 0.366 e. The number of aromatic nitrogens is 2. The molecule has 0 bridgehead atoms. The molecule has 2 amide bonds. The molecule has 0 aliphatic heterocycles. The van der Waals surface area contributed by atoms with E-state index in [-0.39, 0.29) is 11.2 Å². The van der Waals surface area contributed by atoms with Crippen LogP contribution in [0.5, 0.6) is 0 Å². The van der Waals surface area contributed by atoms with Crippen LogP contribution in [-0.2, 0) is 4.79 Å². The van der Waals surface area contributed by atoms with Crippen LogP contribution in [0.15, 0.2) is 65.7 Å². The lowest BCUT2D eigenvalue weighted by Crippen LogP contribution is -2.22. The number of carbonyl (C=O) groups excluding carboxylic acids is 2. The standard InChI is InChI=1S/C23H20N4O2S2/c1-13(21(29)27-17-10-8-16(9-11-17)20(24)28)30-22-18-12-19(15-6-4-3-5-7-15)31-23(18)26-14(2)25-22/h3-13H,1-2H3,(H2,24,28)(H,27,29). The topological polar surface area (TPSA) is 98.0 Å². The average molecular weight is 449 g/mol. The fourth-order valence-electron chi connectivity index (χ4n) is 3.01. The number of anilines is 1. The summed E-state index contributed by atoms with van der Waals surface area (Å²) in [5.74, 6) is 0.0152. The zero-order valence-electron chi connectivity index (χ0n) is 17.0. The number of carbonyl (C=O) groups is 2. The van der Waals surface area contributed by atoms with Crippen LogP contribution in [0.1, 0.15) is 23.1 Å². The molecular weight excluding hydrogens is 428 g/mol. The Morgan fingerprint density at radius 3 is 2.45 bits per heavy atom. The summed E-state index contributed by atoms with van der Waals surface area (Å²) in [6.07, 6.45) is 0. The zero-order chi connectivity index (χ0) is 22.0. The van der Waals surface area contributed by atoms with Crippen LogP contribution in [-0.4, -0.2) is 27.0 Å². The Bertz CT molecular complexity index is 1250. The Morgan fingerprint density at radius 1 is 1.06 bits per heavy atom. The molecule has 2 heterocycles. The number of aryl methyl sites for hydroxylation is 1. The normalized spacial score (nSPS) is 11.9. The highest BCUT2D eigenvalue weighted by atomic mass is 32.2. The summed E-state index contributed by atoms with van der Waals surface area (Å²) >= 11 is 3.02. The van der Waals surface area contributed by atoms with Crippen molar-refractivity contribution >= 4 is 50.8 Å². The number of nitrogens with two attached hydrogens (primary N) is 1. The summed E-state index contributed by atoms with van der Waals surface area (Å²) in [6, 6.07) is 18.7. The van der Waals surface area contributed by atoms with Gasteiger partial charge in [-0.25, -0.2) is 9.97 Å². The van der Waals surface area contributed by atoms with E-state index < -0.39 is 5.91 Å². The van der Waals surface area contributed by atoms with Crippen molar-refractivity contribution in [2.24, 2.45) is 5.73 Å². The van der Waals surface area contributed by atoms with E-state index in [0.29, 0.717) is 17.1 Å². The minimum absolute atomic E-state index is 0.153. The van der Waals surface area contributed by atoms with Gasteiger partial charge in [0.25, 0.3) is 0 Å². The van der Waals surface area contributed by atoms with Gasteiger partial charge in [0.15, 0.2) is 0 Å². The van der Waals surface area contributed by atoms with E-state index in [2.05, 4.69) is 33.5 Å². The Kier molecular flexibility index (Phi) is 6.01.